The van der Waals surface area contributed by atoms with Crippen LogP contribution in [0.2, 0.25) is 0 Å². The van der Waals surface area contributed by atoms with Gasteiger partial charge in [0, 0.05) is 24.1 Å². The number of imidazole rings is 2. The summed E-state index contributed by atoms with van der Waals surface area (Å²) in [6.45, 7) is 14.9. The van der Waals surface area contributed by atoms with Crippen LogP contribution >= 0.6 is 0 Å². The number of benzene rings is 3. The molecule has 2 N–H and O–H groups in total. The molecule has 3 fully saturated rings. The van der Waals surface area contributed by atoms with Crippen LogP contribution in [0, 0.1) is 11.3 Å². The third kappa shape index (κ3) is 6.94. The molecule has 5 aromatic rings. The first-order valence-corrected chi connectivity index (χ1v) is 21.3. The highest BCUT2D eigenvalue weighted by Crippen LogP contribution is 2.53. The Kier molecular flexibility index (Phi) is 9.24. The van der Waals surface area contributed by atoms with E-state index >= 15 is 0 Å². The Balaban J connectivity index is 1.07. The lowest BCUT2D eigenvalue weighted by Gasteiger charge is -2.34. The SMILES string of the molecule is CC1CCC2(CC1)Cc1c(-c3ccc4nc([C@@H]5CCCN5C(=O)OC(C)(C)C)[nH]c4c3)ccc(-c3ccc4nc([C@@H]5CCCN5C(=O)OC(C)(C)C)[nH]c4c3)c1C2=O. The summed E-state index contributed by atoms with van der Waals surface area (Å²) in [4.78, 5) is 61.7. The molecule has 304 valence electrons. The molecule has 0 bridgehead atoms. The Labute approximate surface area is 340 Å². The van der Waals surface area contributed by atoms with Crippen molar-refractivity contribution in [3.63, 3.8) is 0 Å². The van der Waals surface area contributed by atoms with Crippen molar-refractivity contribution in [2.75, 3.05) is 13.1 Å². The topological polar surface area (TPSA) is 134 Å². The molecule has 4 heterocycles. The van der Waals surface area contributed by atoms with Crippen LogP contribution in [-0.2, 0) is 15.9 Å². The van der Waals surface area contributed by atoms with Gasteiger partial charge in [0.05, 0.1) is 34.2 Å². The molecule has 1 spiro atoms. The molecular weight excluding hydrogens is 729 g/mol. The molecule has 0 radical (unpaired) electrons. The van der Waals surface area contributed by atoms with Crippen LogP contribution in [0.25, 0.3) is 44.3 Å². The summed E-state index contributed by atoms with van der Waals surface area (Å²) in [5.74, 6) is 2.41. The maximum atomic E-state index is 14.9. The predicted octanol–water partition coefficient (Wildman–Crippen LogP) is 10.9. The van der Waals surface area contributed by atoms with Crippen LogP contribution in [0.15, 0.2) is 48.5 Å². The lowest BCUT2D eigenvalue weighted by Crippen LogP contribution is -2.36. The second kappa shape index (κ2) is 14.0. The first-order chi connectivity index (χ1) is 27.6. The summed E-state index contributed by atoms with van der Waals surface area (Å²) in [6, 6.07) is 16.5. The average Bonchev–Trinajstić information content (AvgIpc) is 4.00. The molecule has 2 aromatic heterocycles. The quantitative estimate of drug-likeness (QED) is 0.185. The molecule has 0 unspecified atom stereocenters. The maximum absolute atomic E-state index is 14.9. The van der Waals surface area contributed by atoms with Gasteiger partial charge in [0.25, 0.3) is 0 Å². The summed E-state index contributed by atoms with van der Waals surface area (Å²) >= 11 is 0. The summed E-state index contributed by atoms with van der Waals surface area (Å²) in [7, 11) is 0. The number of hydrogen-bond donors (Lipinski definition) is 2. The number of amides is 2. The molecule has 3 aromatic carbocycles. The van der Waals surface area contributed by atoms with Gasteiger partial charge in [-0.25, -0.2) is 19.6 Å². The van der Waals surface area contributed by atoms with E-state index in [9.17, 15) is 14.4 Å². The predicted molar refractivity (Wildman–Crippen MR) is 225 cm³/mol. The number of ketones is 1. The van der Waals surface area contributed by atoms with E-state index in [1.165, 1.54) is 0 Å². The monoisotopic (exact) mass is 784 g/mol. The molecule has 4 aliphatic rings. The number of aromatic amines is 2. The second-order valence-corrected chi connectivity index (χ2v) is 19.4. The van der Waals surface area contributed by atoms with E-state index in [4.69, 9.17) is 19.4 Å². The lowest BCUT2D eigenvalue weighted by atomic mass is 9.68. The standard InChI is InChI=1S/C47H56N6O5/c1-27-18-20-47(21-19-27)26-32-30(28-12-16-33-35(24-28)50-41(48-33)37-10-8-22-52(37)43(55)57-45(2,3)4)14-15-31(39(32)40(47)54)29-13-17-34-36(25-29)51-42(49-34)38-11-9-23-53(38)44(56)58-46(5,6)7/h12-17,24-25,27,37-38H,8-11,18-23,26H2,1-7H3,(H,48,50)(H,49,51)/t27?,37-,38-,47?/m0/s1. The van der Waals surface area contributed by atoms with E-state index in [1.54, 1.807) is 9.80 Å². The smallest absolute Gasteiger partial charge is 0.410 e. The van der Waals surface area contributed by atoms with Gasteiger partial charge in [0.15, 0.2) is 5.78 Å². The molecule has 2 saturated heterocycles. The zero-order chi connectivity index (χ0) is 40.7. The second-order valence-electron chi connectivity index (χ2n) is 19.4. The van der Waals surface area contributed by atoms with Crippen molar-refractivity contribution in [2.45, 2.75) is 130 Å². The Morgan fingerprint density at radius 2 is 1.19 bits per heavy atom. The van der Waals surface area contributed by atoms with Gasteiger partial charge in [-0.05, 0) is 157 Å². The zero-order valence-corrected chi connectivity index (χ0v) is 35.0. The number of nitrogens with zero attached hydrogens (tertiary/aromatic N) is 4. The number of hydrogen-bond acceptors (Lipinski definition) is 7. The first kappa shape index (κ1) is 38.3. The van der Waals surface area contributed by atoms with E-state index in [0.29, 0.717) is 19.0 Å². The molecular formula is C47H56N6O5. The van der Waals surface area contributed by atoms with E-state index < -0.39 is 16.6 Å². The zero-order valence-electron chi connectivity index (χ0n) is 35.0. The minimum atomic E-state index is -0.577. The van der Waals surface area contributed by atoms with Gasteiger partial charge in [-0.15, -0.1) is 0 Å². The molecule has 58 heavy (non-hydrogen) atoms. The highest BCUT2D eigenvalue weighted by Gasteiger charge is 2.49. The Morgan fingerprint density at radius 1 is 0.707 bits per heavy atom. The molecule has 11 heteroatoms. The van der Waals surface area contributed by atoms with Crippen LogP contribution in [-0.4, -0.2) is 72.0 Å². The Bertz CT molecular complexity index is 2440. The highest BCUT2D eigenvalue weighted by atomic mass is 16.6. The fourth-order valence-corrected chi connectivity index (χ4v) is 9.89. The minimum absolute atomic E-state index is 0.175. The Hall–Kier alpha value is -5.19. The maximum Gasteiger partial charge on any atom is 0.410 e. The molecule has 11 nitrogen and oxygen atoms in total. The third-order valence-corrected chi connectivity index (χ3v) is 12.8. The van der Waals surface area contributed by atoms with Crippen molar-refractivity contribution in [2.24, 2.45) is 11.3 Å². The van der Waals surface area contributed by atoms with Crippen LogP contribution in [0.1, 0.15) is 139 Å². The number of Topliss-reactive ketones (excluding diaryl/α,β-unsaturated/α-hetero) is 1. The third-order valence-electron chi connectivity index (χ3n) is 12.8. The van der Waals surface area contributed by atoms with Gasteiger partial charge in [-0.2, -0.15) is 0 Å². The van der Waals surface area contributed by atoms with Crippen molar-refractivity contribution in [3.05, 3.63) is 71.3 Å². The van der Waals surface area contributed by atoms with Gasteiger partial charge in [0.1, 0.15) is 22.9 Å². The number of fused-ring (bicyclic) bond motifs is 3. The van der Waals surface area contributed by atoms with Crippen LogP contribution in [0.5, 0.6) is 0 Å². The summed E-state index contributed by atoms with van der Waals surface area (Å²) in [6.07, 6.45) is 7.42. The number of H-pyrrole nitrogens is 2. The largest absolute Gasteiger partial charge is 0.444 e. The first-order valence-electron chi connectivity index (χ1n) is 21.3. The average molecular weight is 785 g/mol. The normalized spacial score (nSPS) is 23.7. The molecule has 2 atom stereocenters. The van der Waals surface area contributed by atoms with Crippen LogP contribution in [0.4, 0.5) is 9.59 Å². The highest BCUT2D eigenvalue weighted by molar-refractivity contribution is 6.12. The molecule has 2 aliphatic heterocycles. The number of rotatable bonds is 4. The van der Waals surface area contributed by atoms with Gasteiger partial charge in [-0.3, -0.25) is 14.6 Å². The van der Waals surface area contributed by atoms with E-state index in [-0.39, 0.29) is 30.1 Å². The minimum Gasteiger partial charge on any atom is -0.444 e. The van der Waals surface area contributed by atoms with Gasteiger partial charge < -0.3 is 19.4 Å². The fraction of sp³-hybridized carbons (Fsp3) is 0.511. The molecule has 2 amide bonds. The van der Waals surface area contributed by atoms with Crippen LogP contribution < -0.4 is 0 Å². The van der Waals surface area contributed by atoms with Crippen molar-refractivity contribution in [1.29, 1.82) is 0 Å². The van der Waals surface area contributed by atoms with Gasteiger partial charge in [0.2, 0.25) is 0 Å². The van der Waals surface area contributed by atoms with E-state index in [0.717, 1.165) is 125 Å². The summed E-state index contributed by atoms with van der Waals surface area (Å²) in [5.41, 5.74) is 7.88. The van der Waals surface area contributed by atoms with Crippen molar-refractivity contribution >= 4 is 40.0 Å². The van der Waals surface area contributed by atoms with Gasteiger partial charge >= 0.3 is 12.2 Å². The lowest BCUT2D eigenvalue weighted by molar-refractivity contribution is 0.0208. The van der Waals surface area contributed by atoms with Gasteiger partial charge in [-0.1, -0.05) is 31.2 Å². The van der Waals surface area contributed by atoms with Crippen molar-refractivity contribution in [3.8, 4) is 22.3 Å². The molecule has 9 rings (SSSR count). The molecule has 2 aliphatic carbocycles. The Morgan fingerprint density at radius 3 is 1.69 bits per heavy atom. The van der Waals surface area contributed by atoms with E-state index in [1.807, 2.05) is 53.7 Å². The summed E-state index contributed by atoms with van der Waals surface area (Å²) < 4.78 is 11.5. The summed E-state index contributed by atoms with van der Waals surface area (Å²) in [5, 5.41) is 0. The number of carbonyl (C=O) groups excluding carboxylic acids is 3. The van der Waals surface area contributed by atoms with Crippen molar-refractivity contribution in [1.82, 2.24) is 29.7 Å². The number of nitrogens with one attached hydrogen (secondary N) is 2. The number of likely N-dealkylation sites (tertiary alicyclic amines) is 2. The van der Waals surface area contributed by atoms with E-state index in [2.05, 4.69) is 53.3 Å². The molecule has 1 saturated carbocycles. The fourth-order valence-electron chi connectivity index (χ4n) is 9.89. The van der Waals surface area contributed by atoms with Crippen molar-refractivity contribution < 1.29 is 23.9 Å². The number of ether oxygens (including phenoxy) is 2. The number of carbonyl (C=O) groups is 3. The number of aromatic nitrogens is 4. The van der Waals surface area contributed by atoms with Crippen LogP contribution in [0.3, 0.4) is 0 Å².